The number of amides is 1. The van der Waals surface area contributed by atoms with E-state index in [0.717, 1.165) is 18.2 Å². The van der Waals surface area contributed by atoms with Crippen molar-refractivity contribution in [3.8, 4) is 0 Å². The van der Waals surface area contributed by atoms with E-state index in [1.807, 2.05) is 13.8 Å². The molecule has 0 aliphatic heterocycles. The highest BCUT2D eigenvalue weighted by molar-refractivity contribution is 7.89. The van der Waals surface area contributed by atoms with Crippen molar-refractivity contribution in [2.45, 2.75) is 44.6 Å². The lowest BCUT2D eigenvalue weighted by atomic mass is 9.92. The first-order valence-corrected chi connectivity index (χ1v) is 8.78. The van der Waals surface area contributed by atoms with E-state index in [0.29, 0.717) is 6.42 Å². The van der Waals surface area contributed by atoms with E-state index in [2.05, 4.69) is 10.0 Å². The van der Waals surface area contributed by atoms with Crippen molar-refractivity contribution in [1.29, 1.82) is 0 Å². The summed E-state index contributed by atoms with van der Waals surface area (Å²) < 4.78 is 41.3. The Morgan fingerprint density at radius 1 is 1.39 bits per heavy atom. The van der Waals surface area contributed by atoms with Gasteiger partial charge in [-0.05, 0) is 37.5 Å². The summed E-state index contributed by atoms with van der Waals surface area (Å²) in [4.78, 5) is 10.9. The van der Waals surface area contributed by atoms with Gasteiger partial charge in [0.2, 0.25) is 15.9 Å². The average molecular weight is 345 g/mol. The molecule has 0 saturated carbocycles. The number of nitrogens with two attached hydrogens (primary N) is 1. The third-order valence-corrected chi connectivity index (χ3v) is 4.88. The van der Waals surface area contributed by atoms with E-state index >= 15 is 0 Å². The minimum absolute atomic E-state index is 0.129. The number of benzene rings is 1. The van der Waals surface area contributed by atoms with Gasteiger partial charge in [-0.15, -0.1) is 0 Å². The van der Waals surface area contributed by atoms with Crippen LogP contribution in [0, 0.1) is 11.7 Å². The molecule has 0 saturated heterocycles. The Morgan fingerprint density at radius 2 is 2.00 bits per heavy atom. The van der Waals surface area contributed by atoms with Crippen LogP contribution in [0.1, 0.15) is 34.1 Å². The lowest BCUT2D eigenvalue weighted by Crippen LogP contribution is -2.52. The van der Waals surface area contributed by atoms with Crippen LogP contribution in [-0.2, 0) is 14.8 Å². The third kappa shape index (κ3) is 5.56. The Kier molecular flexibility index (Phi) is 6.26. The van der Waals surface area contributed by atoms with Gasteiger partial charge in [0, 0.05) is 19.0 Å². The molecule has 6 nitrogen and oxygen atoms in total. The Morgan fingerprint density at radius 3 is 2.48 bits per heavy atom. The fourth-order valence-corrected chi connectivity index (χ4v) is 3.86. The molecule has 1 unspecified atom stereocenters. The highest BCUT2D eigenvalue weighted by Crippen LogP contribution is 2.23. The number of carbonyl (C=O) groups is 1. The molecule has 1 atom stereocenters. The first-order chi connectivity index (χ1) is 10.5. The van der Waals surface area contributed by atoms with E-state index in [1.54, 1.807) is 6.92 Å². The van der Waals surface area contributed by atoms with Crippen molar-refractivity contribution in [2.24, 2.45) is 11.7 Å². The fourth-order valence-electron chi connectivity index (χ4n) is 2.41. The normalized spacial score (nSPS) is 14.6. The molecule has 0 aliphatic rings. The molecule has 0 radical (unpaired) electrons. The zero-order chi connectivity index (χ0) is 17.8. The summed E-state index contributed by atoms with van der Waals surface area (Å²) in [7, 11) is -3.90. The molecule has 1 amide bonds. The van der Waals surface area contributed by atoms with Crippen molar-refractivity contribution in [3.05, 3.63) is 24.0 Å². The Hall–Kier alpha value is -1.51. The molecule has 0 bridgehead atoms. The Balaban J connectivity index is 3.15. The number of rotatable bonds is 7. The zero-order valence-corrected chi connectivity index (χ0v) is 14.6. The topological polar surface area (TPSA) is 101 Å². The van der Waals surface area contributed by atoms with Gasteiger partial charge in [0.25, 0.3) is 0 Å². The molecule has 130 valence electrons. The summed E-state index contributed by atoms with van der Waals surface area (Å²) in [5, 5.41) is 2.26. The highest BCUT2D eigenvalue weighted by Gasteiger charge is 2.30. The van der Waals surface area contributed by atoms with Crippen LogP contribution >= 0.6 is 0 Å². The SMILES string of the molecule is CC(=O)Nc1cc(S(=O)(=O)NC(C)(CN)CC(C)C)ccc1F. The van der Waals surface area contributed by atoms with Crippen molar-refractivity contribution < 1.29 is 17.6 Å². The van der Waals surface area contributed by atoms with Crippen LogP contribution in [0.2, 0.25) is 0 Å². The molecule has 8 heteroatoms. The third-order valence-electron chi connectivity index (χ3n) is 3.25. The monoisotopic (exact) mass is 345 g/mol. The van der Waals surface area contributed by atoms with Gasteiger partial charge in [0.15, 0.2) is 0 Å². The van der Waals surface area contributed by atoms with E-state index in [-0.39, 0.29) is 23.0 Å². The number of anilines is 1. The number of hydrogen-bond acceptors (Lipinski definition) is 4. The van der Waals surface area contributed by atoms with Crippen molar-refractivity contribution in [2.75, 3.05) is 11.9 Å². The largest absolute Gasteiger partial charge is 0.329 e. The van der Waals surface area contributed by atoms with E-state index in [4.69, 9.17) is 5.73 Å². The van der Waals surface area contributed by atoms with Crippen LogP contribution in [0.4, 0.5) is 10.1 Å². The average Bonchev–Trinajstić information content (AvgIpc) is 2.39. The molecule has 0 fully saturated rings. The first kappa shape index (κ1) is 19.5. The van der Waals surface area contributed by atoms with Crippen molar-refractivity contribution in [1.82, 2.24) is 4.72 Å². The molecule has 1 aromatic carbocycles. The van der Waals surface area contributed by atoms with Gasteiger partial charge in [0.1, 0.15) is 5.82 Å². The van der Waals surface area contributed by atoms with Crippen LogP contribution in [0.15, 0.2) is 23.1 Å². The van der Waals surface area contributed by atoms with Crippen LogP contribution in [-0.4, -0.2) is 26.4 Å². The minimum Gasteiger partial charge on any atom is -0.329 e. The molecular formula is C15H24FN3O3S. The van der Waals surface area contributed by atoms with Gasteiger partial charge >= 0.3 is 0 Å². The number of halogens is 1. The Labute approximate surface area is 136 Å². The number of hydrogen-bond donors (Lipinski definition) is 3. The van der Waals surface area contributed by atoms with E-state index in [1.165, 1.54) is 6.92 Å². The molecule has 0 spiro atoms. The van der Waals surface area contributed by atoms with Crippen LogP contribution in [0.25, 0.3) is 0 Å². The van der Waals surface area contributed by atoms with Crippen LogP contribution < -0.4 is 15.8 Å². The molecule has 0 aromatic heterocycles. The fraction of sp³-hybridized carbons (Fsp3) is 0.533. The van der Waals surface area contributed by atoms with Crippen LogP contribution in [0.5, 0.6) is 0 Å². The van der Waals surface area contributed by atoms with Crippen molar-refractivity contribution >= 4 is 21.6 Å². The zero-order valence-electron chi connectivity index (χ0n) is 13.8. The number of sulfonamides is 1. The van der Waals surface area contributed by atoms with E-state index in [9.17, 15) is 17.6 Å². The quantitative estimate of drug-likeness (QED) is 0.701. The summed E-state index contributed by atoms with van der Waals surface area (Å²) in [6.45, 7) is 7.00. The van der Waals surface area contributed by atoms with E-state index < -0.39 is 27.3 Å². The summed E-state index contributed by atoms with van der Waals surface area (Å²) in [6.07, 6.45) is 0.558. The van der Waals surface area contributed by atoms with Gasteiger partial charge in [-0.3, -0.25) is 4.79 Å². The molecular weight excluding hydrogens is 321 g/mol. The lowest BCUT2D eigenvalue weighted by Gasteiger charge is -2.30. The Bertz CT molecular complexity index is 677. The standard InChI is InChI=1S/C15H24FN3O3S/c1-10(2)8-15(4,9-17)19-23(21,22)12-5-6-13(16)14(7-12)18-11(3)20/h5-7,10,19H,8-9,17H2,1-4H3,(H,18,20). The van der Waals surface area contributed by atoms with Gasteiger partial charge in [0.05, 0.1) is 10.6 Å². The maximum Gasteiger partial charge on any atom is 0.241 e. The molecule has 4 N–H and O–H groups in total. The van der Waals surface area contributed by atoms with Gasteiger partial charge in [-0.2, -0.15) is 0 Å². The summed E-state index contributed by atoms with van der Waals surface area (Å²) >= 11 is 0. The highest BCUT2D eigenvalue weighted by atomic mass is 32.2. The van der Waals surface area contributed by atoms with Crippen molar-refractivity contribution in [3.63, 3.8) is 0 Å². The second kappa shape index (κ2) is 7.37. The first-order valence-electron chi connectivity index (χ1n) is 7.30. The van der Waals surface area contributed by atoms with Gasteiger partial charge in [-0.25, -0.2) is 17.5 Å². The molecule has 1 rings (SSSR count). The summed E-state index contributed by atoms with van der Waals surface area (Å²) in [6, 6.07) is 3.24. The van der Waals surface area contributed by atoms with Crippen LogP contribution in [0.3, 0.4) is 0 Å². The summed E-state index contributed by atoms with van der Waals surface area (Å²) in [5.74, 6) is -0.949. The maximum atomic E-state index is 13.6. The minimum atomic E-state index is -3.90. The number of nitrogens with one attached hydrogen (secondary N) is 2. The molecule has 23 heavy (non-hydrogen) atoms. The van der Waals surface area contributed by atoms with Gasteiger partial charge in [-0.1, -0.05) is 13.8 Å². The molecule has 1 aromatic rings. The summed E-state index contributed by atoms with van der Waals surface area (Å²) in [5.41, 5.74) is 4.72. The smallest absolute Gasteiger partial charge is 0.241 e. The second-order valence-corrected chi connectivity index (χ2v) is 7.97. The maximum absolute atomic E-state index is 13.6. The van der Waals surface area contributed by atoms with Gasteiger partial charge < -0.3 is 11.1 Å². The predicted octanol–water partition coefficient (Wildman–Crippen LogP) is 1.83. The molecule has 0 heterocycles. The predicted molar refractivity (Wildman–Crippen MR) is 87.9 cm³/mol. The number of carbonyl (C=O) groups excluding carboxylic acids is 1. The molecule has 0 aliphatic carbocycles. The second-order valence-electron chi connectivity index (χ2n) is 6.29. The lowest BCUT2D eigenvalue weighted by molar-refractivity contribution is -0.114.